The molecule has 2 aromatic carbocycles. The number of aromatic nitrogens is 3. The van der Waals surface area contributed by atoms with Crippen molar-refractivity contribution in [2.45, 2.75) is 26.1 Å². The maximum absolute atomic E-state index is 12.4. The second kappa shape index (κ2) is 8.68. The van der Waals surface area contributed by atoms with Crippen molar-refractivity contribution in [2.24, 2.45) is 0 Å². The quantitative estimate of drug-likeness (QED) is 0.702. The van der Waals surface area contributed by atoms with Gasteiger partial charge in [0.1, 0.15) is 12.7 Å². The van der Waals surface area contributed by atoms with Gasteiger partial charge < -0.3 is 10.2 Å². The molecular weight excluding hydrogens is 362 g/mol. The third-order valence-electron chi connectivity index (χ3n) is 4.53. The van der Waals surface area contributed by atoms with Gasteiger partial charge in [-0.15, -0.1) is 0 Å². The fourth-order valence-corrected chi connectivity index (χ4v) is 2.83. The summed E-state index contributed by atoms with van der Waals surface area (Å²) < 4.78 is 1.77. The highest BCUT2D eigenvalue weighted by molar-refractivity contribution is 6.30. The summed E-state index contributed by atoms with van der Waals surface area (Å²) in [6.07, 6.45) is 3.21. The van der Waals surface area contributed by atoms with E-state index in [4.69, 9.17) is 11.6 Å². The van der Waals surface area contributed by atoms with Crippen LogP contribution in [-0.4, -0.2) is 32.7 Å². The molecule has 0 fully saturated rings. The zero-order valence-corrected chi connectivity index (χ0v) is 16.1. The number of halogens is 1. The van der Waals surface area contributed by atoms with Gasteiger partial charge in [0.2, 0.25) is 0 Å². The first kappa shape index (κ1) is 18.9. The molecule has 0 aliphatic heterocycles. The number of hydrogen-bond donors (Lipinski definition) is 1. The van der Waals surface area contributed by atoms with Gasteiger partial charge >= 0.3 is 6.03 Å². The van der Waals surface area contributed by atoms with Crippen LogP contribution in [0.2, 0.25) is 5.02 Å². The van der Waals surface area contributed by atoms with E-state index in [2.05, 4.69) is 15.4 Å². The van der Waals surface area contributed by atoms with Crippen LogP contribution in [0.15, 0.2) is 61.2 Å². The normalized spacial score (nSPS) is 11.8. The van der Waals surface area contributed by atoms with Crippen molar-refractivity contribution >= 4 is 17.6 Å². The zero-order valence-electron chi connectivity index (χ0n) is 15.3. The second-order valence-electron chi connectivity index (χ2n) is 6.41. The molecule has 7 heteroatoms. The van der Waals surface area contributed by atoms with Gasteiger partial charge in [-0.05, 0) is 35.7 Å². The highest BCUT2D eigenvalue weighted by Crippen LogP contribution is 2.20. The Balaban J connectivity index is 1.52. The molecule has 3 rings (SSSR count). The molecule has 3 aromatic rings. The van der Waals surface area contributed by atoms with Crippen molar-refractivity contribution in [3.05, 3.63) is 82.9 Å². The third-order valence-corrected chi connectivity index (χ3v) is 4.78. The molecule has 0 bridgehead atoms. The number of carbonyl (C=O) groups excluding carboxylic acids is 1. The van der Waals surface area contributed by atoms with Gasteiger partial charge in [0.05, 0.1) is 12.6 Å². The van der Waals surface area contributed by atoms with Gasteiger partial charge in [-0.3, -0.25) is 0 Å². The van der Waals surface area contributed by atoms with Crippen LogP contribution in [0.25, 0.3) is 0 Å². The molecule has 1 atom stereocenters. The Morgan fingerprint density at radius 2 is 1.81 bits per heavy atom. The monoisotopic (exact) mass is 383 g/mol. The lowest BCUT2D eigenvalue weighted by atomic mass is 10.1. The van der Waals surface area contributed by atoms with Crippen LogP contribution in [-0.2, 0) is 13.1 Å². The number of hydrogen-bond acceptors (Lipinski definition) is 3. The van der Waals surface area contributed by atoms with E-state index in [9.17, 15) is 4.79 Å². The lowest BCUT2D eigenvalue weighted by Gasteiger charge is -2.25. The summed E-state index contributed by atoms with van der Waals surface area (Å²) in [5, 5.41) is 7.74. The van der Waals surface area contributed by atoms with E-state index >= 15 is 0 Å². The minimum Gasteiger partial charge on any atom is -0.334 e. The zero-order chi connectivity index (χ0) is 19.2. The lowest BCUT2D eigenvalue weighted by molar-refractivity contribution is 0.194. The standard InChI is InChI=1S/C20H22ClN5O/c1-15(18-7-9-19(21)10-8-18)25(2)20(27)23-11-16-3-5-17(6-4-16)12-26-14-22-13-24-26/h3-10,13-15H,11-12H2,1-2H3,(H,23,27). The van der Waals surface area contributed by atoms with Crippen molar-refractivity contribution < 1.29 is 4.79 Å². The third kappa shape index (κ3) is 5.08. The number of rotatable bonds is 6. The minimum absolute atomic E-state index is 0.0488. The molecule has 0 saturated heterocycles. The summed E-state index contributed by atoms with van der Waals surface area (Å²) >= 11 is 5.93. The molecular formula is C20H22ClN5O. The average Bonchev–Trinajstić information content (AvgIpc) is 3.19. The Kier molecular flexibility index (Phi) is 6.08. The van der Waals surface area contributed by atoms with Crippen LogP contribution in [0.4, 0.5) is 4.79 Å². The van der Waals surface area contributed by atoms with E-state index in [1.165, 1.54) is 6.33 Å². The van der Waals surface area contributed by atoms with Gasteiger partial charge in [-0.25, -0.2) is 14.5 Å². The summed E-state index contributed by atoms with van der Waals surface area (Å²) in [7, 11) is 1.79. The van der Waals surface area contributed by atoms with Gasteiger partial charge in [0.25, 0.3) is 0 Å². The van der Waals surface area contributed by atoms with Crippen LogP contribution in [0.5, 0.6) is 0 Å². The van der Waals surface area contributed by atoms with Crippen LogP contribution in [0, 0.1) is 0 Å². The van der Waals surface area contributed by atoms with Gasteiger partial charge in [-0.1, -0.05) is 48.0 Å². The summed E-state index contributed by atoms with van der Waals surface area (Å²) in [6.45, 7) is 3.13. The van der Waals surface area contributed by atoms with Gasteiger partial charge in [0.15, 0.2) is 0 Å². The molecule has 0 spiro atoms. The van der Waals surface area contributed by atoms with Crippen LogP contribution in [0.3, 0.4) is 0 Å². The maximum atomic E-state index is 12.4. The number of urea groups is 1. The molecule has 1 unspecified atom stereocenters. The smallest absolute Gasteiger partial charge is 0.317 e. The number of benzene rings is 2. The molecule has 0 aliphatic rings. The van der Waals surface area contributed by atoms with E-state index < -0.39 is 0 Å². The topological polar surface area (TPSA) is 63.1 Å². The molecule has 1 N–H and O–H groups in total. The fourth-order valence-electron chi connectivity index (χ4n) is 2.71. The van der Waals surface area contributed by atoms with Crippen molar-refractivity contribution in [3.8, 4) is 0 Å². The first-order valence-electron chi connectivity index (χ1n) is 8.69. The molecule has 0 saturated carbocycles. The molecule has 6 nitrogen and oxygen atoms in total. The average molecular weight is 384 g/mol. The Morgan fingerprint density at radius 1 is 1.15 bits per heavy atom. The molecule has 27 heavy (non-hydrogen) atoms. The summed E-state index contributed by atoms with van der Waals surface area (Å²) in [4.78, 5) is 18.1. The Morgan fingerprint density at radius 3 is 2.44 bits per heavy atom. The molecule has 2 amide bonds. The number of amides is 2. The summed E-state index contributed by atoms with van der Waals surface area (Å²) in [5.74, 6) is 0. The number of nitrogens with zero attached hydrogens (tertiary/aromatic N) is 4. The second-order valence-corrected chi connectivity index (χ2v) is 6.84. The molecule has 140 valence electrons. The highest BCUT2D eigenvalue weighted by Gasteiger charge is 2.17. The van der Waals surface area contributed by atoms with Crippen molar-refractivity contribution in [1.29, 1.82) is 0 Å². The predicted molar refractivity (Wildman–Crippen MR) is 105 cm³/mol. The van der Waals surface area contributed by atoms with E-state index in [1.54, 1.807) is 23.0 Å². The first-order valence-corrected chi connectivity index (χ1v) is 9.07. The van der Waals surface area contributed by atoms with E-state index in [0.29, 0.717) is 18.1 Å². The predicted octanol–water partition coefficient (Wildman–Crippen LogP) is 3.88. The van der Waals surface area contributed by atoms with E-state index in [1.807, 2.05) is 55.5 Å². The molecule has 0 aliphatic carbocycles. The summed E-state index contributed by atoms with van der Waals surface area (Å²) in [6, 6.07) is 15.4. The Hall–Kier alpha value is -2.86. The van der Waals surface area contributed by atoms with E-state index in [-0.39, 0.29) is 12.1 Å². The number of nitrogens with one attached hydrogen (secondary N) is 1. The molecule has 0 radical (unpaired) electrons. The maximum Gasteiger partial charge on any atom is 0.317 e. The molecule has 1 heterocycles. The fraction of sp³-hybridized carbons (Fsp3) is 0.250. The van der Waals surface area contributed by atoms with Crippen molar-refractivity contribution in [2.75, 3.05) is 7.05 Å². The molecule has 1 aromatic heterocycles. The van der Waals surface area contributed by atoms with Crippen LogP contribution < -0.4 is 5.32 Å². The van der Waals surface area contributed by atoms with Crippen LogP contribution >= 0.6 is 11.6 Å². The van der Waals surface area contributed by atoms with E-state index in [0.717, 1.165) is 16.7 Å². The first-order chi connectivity index (χ1) is 13.0. The van der Waals surface area contributed by atoms with Gasteiger partial charge in [-0.2, -0.15) is 5.10 Å². The Labute approximate surface area is 163 Å². The largest absolute Gasteiger partial charge is 0.334 e. The summed E-state index contributed by atoms with van der Waals surface area (Å²) in [5.41, 5.74) is 3.21. The minimum atomic E-state index is -0.121. The number of carbonyl (C=O) groups is 1. The lowest BCUT2D eigenvalue weighted by Crippen LogP contribution is -2.38. The highest BCUT2D eigenvalue weighted by atomic mass is 35.5. The van der Waals surface area contributed by atoms with Crippen LogP contribution in [0.1, 0.15) is 29.7 Å². The van der Waals surface area contributed by atoms with Crippen molar-refractivity contribution in [1.82, 2.24) is 25.0 Å². The SMILES string of the molecule is CC(c1ccc(Cl)cc1)N(C)C(=O)NCc1ccc(Cn2cncn2)cc1. The Bertz CT molecular complexity index is 862. The van der Waals surface area contributed by atoms with Crippen molar-refractivity contribution in [3.63, 3.8) is 0 Å². The van der Waals surface area contributed by atoms with Gasteiger partial charge in [0, 0.05) is 18.6 Å².